The SMILES string of the molecule is Cc1cc(/C=N/NC(=O)Cc2ccccc2)c(C)n1-c1ccccc1Br. The molecule has 0 saturated carbocycles. The third-order valence-corrected chi connectivity index (χ3v) is 4.83. The van der Waals surface area contributed by atoms with E-state index in [0.717, 1.165) is 32.7 Å². The van der Waals surface area contributed by atoms with Gasteiger partial charge in [-0.05, 0) is 53.5 Å². The first kappa shape index (κ1) is 18.1. The minimum absolute atomic E-state index is 0.132. The lowest BCUT2D eigenvalue weighted by atomic mass is 10.1. The molecule has 0 saturated heterocycles. The standard InChI is InChI=1S/C21H20BrN3O/c1-15-12-18(16(2)25(15)20-11-7-6-10-19(20)22)14-23-24-21(26)13-17-8-4-3-5-9-17/h3-12,14H,13H2,1-2H3,(H,24,26)/b23-14+. The summed E-state index contributed by atoms with van der Waals surface area (Å²) in [5, 5.41) is 4.12. The molecule has 0 unspecified atom stereocenters. The molecule has 0 aliphatic rings. The van der Waals surface area contributed by atoms with E-state index >= 15 is 0 Å². The van der Waals surface area contributed by atoms with E-state index in [4.69, 9.17) is 0 Å². The number of hydrogen-bond acceptors (Lipinski definition) is 2. The molecule has 26 heavy (non-hydrogen) atoms. The van der Waals surface area contributed by atoms with Gasteiger partial charge in [-0.3, -0.25) is 4.79 Å². The molecule has 0 fully saturated rings. The molecule has 0 spiro atoms. The van der Waals surface area contributed by atoms with Crippen molar-refractivity contribution in [3.63, 3.8) is 0 Å². The zero-order valence-corrected chi connectivity index (χ0v) is 16.3. The molecule has 0 bridgehead atoms. The van der Waals surface area contributed by atoms with E-state index in [1.54, 1.807) is 6.21 Å². The number of nitrogens with one attached hydrogen (secondary N) is 1. The van der Waals surface area contributed by atoms with E-state index in [1.807, 2.05) is 55.5 Å². The maximum Gasteiger partial charge on any atom is 0.244 e. The highest BCUT2D eigenvalue weighted by Crippen LogP contribution is 2.25. The summed E-state index contributed by atoms with van der Waals surface area (Å²) in [6, 6.07) is 19.8. The average Bonchev–Trinajstić information content (AvgIpc) is 2.90. The lowest BCUT2D eigenvalue weighted by molar-refractivity contribution is -0.120. The number of nitrogens with zero attached hydrogens (tertiary/aromatic N) is 2. The van der Waals surface area contributed by atoms with Gasteiger partial charge < -0.3 is 4.57 Å². The molecule has 3 rings (SSSR count). The van der Waals surface area contributed by atoms with Crippen molar-refractivity contribution in [1.29, 1.82) is 0 Å². The van der Waals surface area contributed by atoms with E-state index < -0.39 is 0 Å². The number of hydrazone groups is 1. The number of hydrogen-bond donors (Lipinski definition) is 1. The summed E-state index contributed by atoms with van der Waals surface area (Å²) in [7, 11) is 0. The van der Waals surface area contributed by atoms with Crippen molar-refractivity contribution in [3.05, 3.63) is 87.7 Å². The average molecular weight is 410 g/mol. The van der Waals surface area contributed by atoms with Gasteiger partial charge in [0.1, 0.15) is 0 Å². The van der Waals surface area contributed by atoms with Crippen LogP contribution >= 0.6 is 15.9 Å². The summed E-state index contributed by atoms with van der Waals surface area (Å²) in [5.41, 5.74) is 7.78. The van der Waals surface area contributed by atoms with Crippen molar-refractivity contribution >= 4 is 28.1 Å². The number of halogens is 1. The van der Waals surface area contributed by atoms with Crippen LogP contribution in [0.5, 0.6) is 0 Å². The Morgan fingerprint density at radius 1 is 1.12 bits per heavy atom. The van der Waals surface area contributed by atoms with Gasteiger partial charge in [0, 0.05) is 21.4 Å². The van der Waals surface area contributed by atoms with Gasteiger partial charge in [-0.2, -0.15) is 5.10 Å². The molecule has 0 aliphatic heterocycles. The minimum atomic E-state index is -0.132. The Morgan fingerprint density at radius 2 is 1.81 bits per heavy atom. The highest BCUT2D eigenvalue weighted by atomic mass is 79.9. The summed E-state index contributed by atoms with van der Waals surface area (Å²) in [6.07, 6.45) is 2.01. The summed E-state index contributed by atoms with van der Waals surface area (Å²) < 4.78 is 3.19. The van der Waals surface area contributed by atoms with Gasteiger partial charge >= 0.3 is 0 Å². The van der Waals surface area contributed by atoms with E-state index in [1.165, 1.54) is 0 Å². The summed E-state index contributed by atoms with van der Waals surface area (Å²) in [6.45, 7) is 4.09. The summed E-state index contributed by atoms with van der Waals surface area (Å²) in [4.78, 5) is 12.0. The zero-order chi connectivity index (χ0) is 18.5. The van der Waals surface area contributed by atoms with Gasteiger partial charge in [0.25, 0.3) is 0 Å². The van der Waals surface area contributed by atoms with E-state index in [0.29, 0.717) is 6.42 Å². The van der Waals surface area contributed by atoms with Crippen LogP contribution in [0.25, 0.3) is 5.69 Å². The van der Waals surface area contributed by atoms with Crippen LogP contribution in [0, 0.1) is 13.8 Å². The fraction of sp³-hybridized carbons (Fsp3) is 0.143. The van der Waals surface area contributed by atoms with E-state index in [2.05, 4.69) is 50.1 Å². The zero-order valence-electron chi connectivity index (χ0n) is 14.7. The number of amides is 1. The molecule has 1 heterocycles. The van der Waals surface area contributed by atoms with Gasteiger partial charge in [0.05, 0.1) is 18.3 Å². The smallest absolute Gasteiger partial charge is 0.244 e. The van der Waals surface area contributed by atoms with Crippen LogP contribution in [0.4, 0.5) is 0 Å². The van der Waals surface area contributed by atoms with Crippen LogP contribution in [-0.2, 0) is 11.2 Å². The minimum Gasteiger partial charge on any atom is -0.317 e. The highest BCUT2D eigenvalue weighted by Gasteiger charge is 2.11. The molecule has 0 aliphatic carbocycles. The first-order valence-electron chi connectivity index (χ1n) is 8.36. The highest BCUT2D eigenvalue weighted by molar-refractivity contribution is 9.10. The quantitative estimate of drug-likeness (QED) is 0.487. The Labute approximate surface area is 161 Å². The largest absolute Gasteiger partial charge is 0.317 e. The number of para-hydroxylation sites is 1. The second kappa shape index (κ2) is 8.15. The maximum absolute atomic E-state index is 12.0. The van der Waals surface area contributed by atoms with Crippen LogP contribution < -0.4 is 5.43 Å². The number of aryl methyl sites for hydroxylation is 1. The first-order chi connectivity index (χ1) is 12.6. The molecule has 132 valence electrons. The van der Waals surface area contributed by atoms with Crippen LogP contribution in [-0.4, -0.2) is 16.7 Å². The van der Waals surface area contributed by atoms with Crippen molar-refractivity contribution in [1.82, 2.24) is 9.99 Å². The van der Waals surface area contributed by atoms with Gasteiger partial charge in [-0.1, -0.05) is 42.5 Å². The fourth-order valence-electron chi connectivity index (χ4n) is 2.92. The topological polar surface area (TPSA) is 46.4 Å². The Morgan fingerprint density at radius 3 is 2.54 bits per heavy atom. The van der Waals surface area contributed by atoms with Gasteiger partial charge in [-0.25, -0.2) is 5.43 Å². The van der Waals surface area contributed by atoms with E-state index in [-0.39, 0.29) is 5.91 Å². The Balaban J connectivity index is 1.73. The normalized spacial score (nSPS) is 11.0. The maximum atomic E-state index is 12.0. The van der Waals surface area contributed by atoms with Crippen LogP contribution in [0.2, 0.25) is 0 Å². The number of carbonyl (C=O) groups is 1. The van der Waals surface area contributed by atoms with Crippen LogP contribution in [0.1, 0.15) is 22.5 Å². The number of aromatic nitrogens is 1. The molecule has 1 N–H and O–H groups in total. The molecule has 4 nitrogen and oxygen atoms in total. The number of carbonyl (C=O) groups excluding carboxylic acids is 1. The summed E-state index contributed by atoms with van der Waals surface area (Å²) in [5.74, 6) is -0.132. The molecule has 2 aromatic carbocycles. The number of rotatable bonds is 5. The predicted octanol–water partition coefficient (Wildman–Crippen LogP) is 4.55. The van der Waals surface area contributed by atoms with E-state index in [9.17, 15) is 4.79 Å². The molecular formula is C21H20BrN3O. The second-order valence-electron chi connectivity index (χ2n) is 6.07. The second-order valence-corrected chi connectivity index (χ2v) is 6.92. The Kier molecular flexibility index (Phi) is 5.68. The molecular weight excluding hydrogens is 390 g/mol. The Hall–Kier alpha value is -2.66. The van der Waals surface area contributed by atoms with Gasteiger partial charge in [0.2, 0.25) is 5.91 Å². The fourth-order valence-corrected chi connectivity index (χ4v) is 3.38. The molecule has 5 heteroatoms. The molecule has 0 atom stereocenters. The van der Waals surface area contributed by atoms with Crippen LogP contribution in [0.3, 0.4) is 0 Å². The third-order valence-electron chi connectivity index (χ3n) is 4.16. The van der Waals surface area contributed by atoms with Crippen molar-refractivity contribution in [2.24, 2.45) is 5.10 Å². The van der Waals surface area contributed by atoms with Crippen molar-refractivity contribution < 1.29 is 4.79 Å². The lowest BCUT2D eigenvalue weighted by Gasteiger charge is -2.11. The molecule has 0 radical (unpaired) electrons. The number of benzene rings is 2. The van der Waals surface area contributed by atoms with Crippen LogP contribution in [0.15, 0.2) is 70.2 Å². The predicted molar refractivity (Wildman–Crippen MR) is 109 cm³/mol. The van der Waals surface area contributed by atoms with Crippen molar-refractivity contribution in [2.45, 2.75) is 20.3 Å². The van der Waals surface area contributed by atoms with Crippen molar-refractivity contribution in [2.75, 3.05) is 0 Å². The van der Waals surface area contributed by atoms with Gasteiger partial charge in [0.15, 0.2) is 0 Å². The lowest BCUT2D eigenvalue weighted by Crippen LogP contribution is -2.19. The molecule has 3 aromatic rings. The summed E-state index contributed by atoms with van der Waals surface area (Å²) >= 11 is 3.60. The Bertz CT molecular complexity index is 945. The molecule has 1 amide bonds. The molecule has 1 aromatic heterocycles. The van der Waals surface area contributed by atoms with Crippen molar-refractivity contribution in [3.8, 4) is 5.69 Å². The first-order valence-corrected chi connectivity index (χ1v) is 9.15. The van der Waals surface area contributed by atoms with Gasteiger partial charge in [-0.15, -0.1) is 0 Å². The third kappa shape index (κ3) is 4.11. The monoisotopic (exact) mass is 409 g/mol.